The molecule has 9 heteroatoms. The van der Waals surface area contributed by atoms with Crippen molar-refractivity contribution in [3.8, 4) is 0 Å². The molecule has 1 aliphatic carbocycles. The predicted octanol–water partition coefficient (Wildman–Crippen LogP) is 4.36. The molecule has 39 heavy (non-hydrogen) atoms. The fourth-order valence-corrected chi connectivity index (χ4v) is 4.71. The van der Waals surface area contributed by atoms with Crippen LogP contribution in [-0.4, -0.2) is 46.4 Å². The minimum absolute atomic E-state index is 0.233. The zero-order valence-electron chi connectivity index (χ0n) is 23.9. The van der Waals surface area contributed by atoms with E-state index in [1.54, 1.807) is 20.8 Å². The van der Waals surface area contributed by atoms with Crippen molar-refractivity contribution in [1.29, 1.82) is 0 Å². The van der Waals surface area contributed by atoms with Gasteiger partial charge in [0.15, 0.2) is 0 Å². The molecule has 2 atom stereocenters. The van der Waals surface area contributed by atoms with Crippen molar-refractivity contribution in [2.75, 3.05) is 5.32 Å². The third-order valence-corrected chi connectivity index (χ3v) is 6.40. The predicted molar refractivity (Wildman–Crippen MR) is 150 cm³/mol. The SMILES string of the molecule is Cc1cc(C)cc(C(C(=O)Nc2c(C)cccc2C)N(C(=O)C(CC(N)=O)NC(=O)OC(C)(C)C)C2CC2)c1. The molecule has 0 aliphatic heterocycles. The Bertz CT molecular complexity index is 1220. The van der Waals surface area contributed by atoms with E-state index in [9.17, 15) is 19.2 Å². The molecule has 210 valence electrons. The number of aryl methyl sites for hydroxylation is 4. The highest BCUT2D eigenvalue weighted by atomic mass is 16.6. The number of para-hydroxylation sites is 1. The number of nitrogens with zero attached hydrogens (tertiary/aromatic N) is 1. The third kappa shape index (κ3) is 8.05. The van der Waals surface area contributed by atoms with E-state index in [1.807, 2.05) is 64.1 Å². The van der Waals surface area contributed by atoms with Crippen LogP contribution in [0.4, 0.5) is 10.5 Å². The largest absolute Gasteiger partial charge is 0.444 e. The van der Waals surface area contributed by atoms with Gasteiger partial charge in [-0.15, -0.1) is 0 Å². The monoisotopic (exact) mass is 536 g/mol. The second-order valence-corrected chi connectivity index (χ2v) is 11.4. The van der Waals surface area contributed by atoms with Gasteiger partial charge in [-0.1, -0.05) is 47.5 Å². The van der Waals surface area contributed by atoms with E-state index in [4.69, 9.17) is 10.5 Å². The summed E-state index contributed by atoms with van der Waals surface area (Å²) in [5.74, 6) is -1.71. The molecule has 0 heterocycles. The van der Waals surface area contributed by atoms with E-state index in [0.717, 1.165) is 22.3 Å². The van der Waals surface area contributed by atoms with Gasteiger partial charge in [-0.3, -0.25) is 14.4 Å². The van der Waals surface area contributed by atoms with Crippen molar-refractivity contribution in [1.82, 2.24) is 10.2 Å². The molecule has 0 radical (unpaired) electrons. The number of primary amides is 1. The molecule has 4 N–H and O–H groups in total. The number of amides is 4. The Balaban J connectivity index is 2.06. The second kappa shape index (κ2) is 11.9. The van der Waals surface area contributed by atoms with E-state index >= 15 is 0 Å². The maximum Gasteiger partial charge on any atom is 0.408 e. The van der Waals surface area contributed by atoms with Gasteiger partial charge in [0.05, 0.1) is 6.42 Å². The molecule has 0 spiro atoms. The molecule has 1 aliphatic rings. The van der Waals surface area contributed by atoms with E-state index < -0.39 is 42.0 Å². The maximum absolute atomic E-state index is 14.1. The number of alkyl carbamates (subject to hydrolysis) is 1. The average Bonchev–Trinajstić information content (AvgIpc) is 3.61. The lowest BCUT2D eigenvalue weighted by molar-refractivity contribution is -0.142. The first-order valence-corrected chi connectivity index (χ1v) is 13.2. The Hall–Kier alpha value is -3.88. The van der Waals surface area contributed by atoms with E-state index in [-0.39, 0.29) is 11.9 Å². The van der Waals surface area contributed by atoms with Crippen LogP contribution in [0.1, 0.15) is 73.9 Å². The lowest BCUT2D eigenvalue weighted by Gasteiger charge is -2.35. The van der Waals surface area contributed by atoms with Crippen LogP contribution >= 0.6 is 0 Å². The van der Waals surface area contributed by atoms with Gasteiger partial charge in [-0.2, -0.15) is 0 Å². The van der Waals surface area contributed by atoms with Gasteiger partial charge in [0.1, 0.15) is 17.7 Å². The van der Waals surface area contributed by atoms with Crippen molar-refractivity contribution >= 4 is 29.5 Å². The standard InChI is InChI=1S/C30H40N4O5/c1-17-13-18(2)15-21(14-17)26(27(36)33-25-19(3)9-8-10-20(25)4)34(22-11-12-22)28(37)23(16-24(31)35)32-29(38)39-30(5,6)7/h8-10,13-15,22-23,26H,11-12,16H2,1-7H3,(H2,31,35)(H,32,38)(H,33,36). The van der Waals surface area contributed by atoms with Crippen molar-refractivity contribution < 1.29 is 23.9 Å². The Labute approximate surface area is 230 Å². The van der Waals surface area contributed by atoms with Crippen LogP contribution in [0.25, 0.3) is 0 Å². The van der Waals surface area contributed by atoms with Crippen LogP contribution in [0.15, 0.2) is 36.4 Å². The van der Waals surface area contributed by atoms with Crippen LogP contribution in [0, 0.1) is 27.7 Å². The maximum atomic E-state index is 14.1. The Morgan fingerprint density at radius 1 is 1.00 bits per heavy atom. The number of carbonyl (C=O) groups is 4. The zero-order chi connectivity index (χ0) is 29.1. The lowest BCUT2D eigenvalue weighted by atomic mass is 9.97. The summed E-state index contributed by atoms with van der Waals surface area (Å²) in [5.41, 5.74) is 9.65. The van der Waals surface area contributed by atoms with Crippen molar-refractivity contribution in [3.05, 3.63) is 64.2 Å². The number of ether oxygens (including phenoxy) is 1. The van der Waals surface area contributed by atoms with E-state index in [2.05, 4.69) is 10.6 Å². The number of nitrogens with two attached hydrogens (primary N) is 1. The smallest absolute Gasteiger partial charge is 0.408 e. The summed E-state index contributed by atoms with van der Waals surface area (Å²) in [5, 5.41) is 5.57. The lowest BCUT2D eigenvalue weighted by Crippen LogP contribution is -2.54. The van der Waals surface area contributed by atoms with Crippen LogP contribution in [0.5, 0.6) is 0 Å². The van der Waals surface area contributed by atoms with Crippen molar-refractivity contribution in [2.24, 2.45) is 5.73 Å². The molecule has 0 bridgehead atoms. The second-order valence-electron chi connectivity index (χ2n) is 11.4. The zero-order valence-corrected chi connectivity index (χ0v) is 23.9. The first kappa shape index (κ1) is 29.7. The first-order valence-electron chi connectivity index (χ1n) is 13.2. The van der Waals surface area contributed by atoms with Gasteiger partial charge in [0.25, 0.3) is 5.91 Å². The Morgan fingerprint density at radius 3 is 2.05 bits per heavy atom. The van der Waals surface area contributed by atoms with Gasteiger partial charge in [-0.05, 0) is 78.0 Å². The first-order chi connectivity index (χ1) is 18.2. The number of hydrogen-bond donors (Lipinski definition) is 3. The van der Waals surface area contributed by atoms with E-state index in [0.29, 0.717) is 24.1 Å². The molecule has 9 nitrogen and oxygen atoms in total. The minimum Gasteiger partial charge on any atom is -0.444 e. The van der Waals surface area contributed by atoms with Crippen molar-refractivity contribution in [3.63, 3.8) is 0 Å². The summed E-state index contributed by atoms with van der Waals surface area (Å²) in [6.45, 7) is 12.8. The third-order valence-electron chi connectivity index (χ3n) is 6.40. The van der Waals surface area contributed by atoms with E-state index in [1.165, 1.54) is 4.90 Å². The summed E-state index contributed by atoms with van der Waals surface area (Å²) < 4.78 is 5.33. The molecule has 1 saturated carbocycles. The normalized spacial score (nSPS) is 14.6. The van der Waals surface area contributed by atoms with Gasteiger partial charge in [0, 0.05) is 11.7 Å². The Morgan fingerprint density at radius 2 is 1.56 bits per heavy atom. The molecule has 0 saturated heterocycles. The molecule has 2 unspecified atom stereocenters. The molecule has 3 rings (SSSR count). The number of anilines is 1. The van der Waals surface area contributed by atoms with Crippen LogP contribution in [0.3, 0.4) is 0 Å². The fourth-order valence-electron chi connectivity index (χ4n) is 4.71. The quantitative estimate of drug-likeness (QED) is 0.438. The minimum atomic E-state index is -1.29. The topological polar surface area (TPSA) is 131 Å². The molecule has 0 aromatic heterocycles. The number of benzene rings is 2. The summed E-state index contributed by atoms with van der Waals surface area (Å²) >= 11 is 0. The molecule has 2 aromatic carbocycles. The summed E-state index contributed by atoms with van der Waals surface area (Å²) in [6.07, 6.45) is 0.110. The summed E-state index contributed by atoms with van der Waals surface area (Å²) in [6, 6.07) is 8.97. The molecule has 2 aromatic rings. The average molecular weight is 537 g/mol. The molecular weight excluding hydrogens is 496 g/mol. The van der Waals surface area contributed by atoms with Gasteiger partial charge < -0.3 is 26.0 Å². The highest BCUT2D eigenvalue weighted by Gasteiger charge is 2.44. The fraction of sp³-hybridized carbons (Fsp3) is 0.467. The number of carbonyl (C=O) groups excluding carboxylic acids is 4. The van der Waals surface area contributed by atoms with Gasteiger partial charge in [-0.25, -0.2) is 4.79 Å². The highest BCUT2D eigenvalue weighted by Crippen LogP contribution is 2.37. The van der Waals surface area contributed by atoms with Crippen LogP contribution in [-0.2, 0) is 19.1 Å². The number of nitrogens with one attached hydrogen (secondary N) is 2. The highest BCUT2D eigenvalue weighted by molar-refractivity contribution is 6.00. The Kier molecular flexibility index (Phi) is 9.04. The van der Waals surface area contributed by atoms with Gasteiger partial charge in [0.2, 0.25) is 11.8 Å². The molecule has 4 amide bonds. The number of rotatable bonds is 9. The molecule has 1 fully saturated rings. The van der Waals surface area contributed by atoms with Crippen LogP contribution in [0.2, 0.25) is 0 Å². The van der Waals surface area contributed by atoms with Crippen molar-refractivity contribution in [2.45, 2.75) is 91.5 Å². The summed E-state index contributed by atoms with van der Waals surface area (Å²) in [7, 11) is 0. The van der Waals surface area contributed by atoms with Gasteiger partial charge >= 0.3 is 6.09 Å². The number of hydrogen-bond acceptors (Lipinski definition) is 5. The summed E-state index contributed by atoms with van der Waals surface area (Å²) in [4.78, 5) is 54.2. The van der Waals surface area contributed by atoms with Crippen LogP contribution < -0.4 is 16.4 Å². The molecular formula is C30H40N4O5.